The summed E-state index contributed by atoms with van der Waals surface area (Å²) in [4.78, 5) is 24.7. The van der Waals surface area contributed by atoms with Gasteiger partial charge in [-0.2, -0.15) is 4.31 Å². The van der Waals surface area contributed by atoms with Gasteiger partial charge in [0.25, 0.3) is 0 Å². The van der Waals surface area contributed by atoms with Crippen molar-refractivity contribution in [2.75, 3.05) is 25.0 Å². The Hall–Kier alpha value is -3.23. The van der Waals surface area contributed by atoms with Crippen LogP contribution in [0.1, 0.15) is 25.3 Å². The van der Waals surface area contributed by atoms with Gasteiger partial charge in [-0.05, 0) is 60.4 Å². The fraction of sp³-hybridized carbons (Fsp3) is 0.308. The molecule has 1 heterocycles. The molecule has 0 aromatic heterocycles. The molecule has 1 fully saturated rings. The summed E-state index contributed by atoms with van der Waals surface area (Å²) >= 11 is 0. The van der Waals surface area contributed by atoms with E-state index in [1.165, 1.54) is 4.31 Å². The summed E-state index contributed by atoms with van der Waals surface area (Å²) < 4.78 is 32.9. The van der Waals surface area contributed by atoms with Crippen LogP contribution in [0.3, 0.4) is 0 Å². The molecule has 0 unspecified atom stereocenters. The molecule has 1 aliphatic rings. The van der Waals surface area contributed by atoms with Crippen LogP contribution in [-0.2, 0) is 30.8 Å². The summed E-state index contributed by atoms with van der Waals surface area (Å²) in [6.45, 7) is 2.63. The molecule has 1 atom stereocenters. The fourth-order valence-electron chi connectivity index (χ4n) is 4.18. The number of fused-ring (bicyclic) bond motifs is 1. The van der Waals surface area contributed by atoms with Gasteiger partial charge in [-0.25, -0.2) is 8.42 Å². The lowest BCUT2D eigenvalue weighted by Gasteiger charge is -2.31. The standard InChI is InChI=1S/C26H28N2O5S/c1-2-33-25(29)16-19-9-12-23(13-10-19)27-26(30)22-8-5-15-28(18-22)34(31,32)24-14-11-20-6-3-4-7-21(20)17-24/h3-4,6-7,9-14,17,22H,2,5,8,15-16,18H2,1H3,(H,27,30)/t22-/m1/s1. The Kier molecular flexibility index (Phi) is 7.29. The van der Waals surface area contributed by atoms with Crippen LogP contribution in [0.15, 0.2) is 71.6 Å². The number of hydrogen-bond donors (Lipinski definition) is 1. The highest BCUT2D eigenvalue weighted by atomic mass is 32.2. The van der Waals surface area contributed by atoms with E-state index in [9.17, 15) is 18.0 Å². The molecule has 1 aliphatic heterocycles. The number of benzene rings is 3. The maximum absolute atomic E-state index is 13.3. The molecule has 0 spiro atoms. The van der Waals surface area contributed by atoms with E-state index in [1.807, 2.05) is 30.3 Å². The molecule has 0 saturated carbocycles. The second-order valence-corrected chi connectivity index (χ2v) is 10.3. The maximum Gasteiger partial charge on any atom is 0.310 e. The molecule has 1 amide bonds. The number of amides is 1. The van der Waals surface area contributed by atoms with Crippen molar-refractivity contribution in [3.63, 3.8) is 0 Å². The maximum atomic E-state index is 13.3. The van der Waals surface area contributed by atoms with Gasteiger partial charge in [0.05, 0.1) is 23.8 Å². The highest BCUT2D eigenvalue weighted by Crippen LogP contribution is 2.27. The summed E-state index contributed by atoms with van der Waals surface area (Å²) in [5.41, 5.74) is 1.40. The largest absolute Gasteiger partial charge is 0.466 e. The Morgan fingerprint density at radius 2 is 1.76 bits per heavy atom. The van der Waals surface area contributed by atoms with Gasteiger partial charge < -0.3 is 10.1 Å². The number of piperidine rings is 1. The molecule has 178 valence electrons. The summed E-state index contributed by atoms with van der Waals surface area (Å²) in [6, 6.07) is 19.7. The molecule has 3 aromatic carbocycles. The van der Waals surface area contributed by atoms with Crippen molar-refractivity contribution in [3.05, 3.63) is 72.3 Å². The predicted octanol–water partition coefficient (Wildman–Crippen LogP) is 3.98. The number of nitrogens with zero attached hydrogens (tertiary/aromatic N) is 1. The van der Waals surface area contributed by atoms with Crippen molar-refractivity contribution in [2.45, 2.75) is 31.1 Å². The minimum Gasteiger partial charge on any atom is -0.466 e. The molecule has 3 aromatic rings. The third-order valence-electron chi connectivity index (χ3n) is 5.99. The molecule has 8 heteroatoms. The van der Waals surface area contributed by atoms with E-state index in [-0.39, 0.29) is 29.7 Å². The molecule has 0 radical (unpaired) electrons. The monoisotopic (exact) mass is 480 g/mol. The second-order valence-electron chi connectivity index (χ2n) is 8.38. The zero-order valence-corrected chi connectivity index (χ0v) is 19.9. The number of nitrogens with one attached hydrogen (secondary N) is 1. The van der Waals surface area contributed by atoms with Gasteiger partial charge in [-0.15, -0.1) is 0 Å². The summed E-state index contributed by atoms with van der Waals surface area (Å²) in [5.74, 6) is -0.950. The van der Waals surface area contributed by atoms with Gasteiger partial charge in [0.15, 0.2) is 0 Å². The van der Waals surface area contributed by atoms with Crippen molar-refractivity contribution < 1.29 is 22.7 Å². The molecule has 7 nitrogen and oxygen atoms in total. The zero-order chi connectivity index (χ0) is 24.1. The van der Waals surface area contributed by atoms with Crippen LogP contribution in [0.25, 0.3) is 10.8 Å². The van der Waals surface area contributed by atoms with Crippen LogP contribution in [0, 0.1) is 5.92 Å². The van der Waals surface area contributed by atoms with Crippen LogP contribution >= 0.6 is 0 Å². The highest BCUT2D eigenvalue weighted by molar-refractivity contribution is 7.89. The lowest BCUT2D eigenvalue weighted by atomic mass is 9.98. The van der Waals surface area contributed by atoms with Gasteiger partial charge in [0.2, 0.25) is 15.9 Å². The lowest BCUT2D eigenvalue weighted by molar-refractivity contribution is -0.142. The van der Waals surface area contributed by atoms with Crippen molar-refractivity contribution in [3.8, 4) is 0 Å². The smallest absolute Gasteiger partial charge is 0.310 e. The second kappa shape index (κ2) is 10.4. The Balaban J connectivity index is 1.41. The average molecular weight is 481 g/mol. The fourth-order valence-corrected chi connectivity index (χ4v) is 5.74. The number of anilines is 1. The third kappa shape index (κ3) is 5.46. The van der Waals surface area contributed by atoms with E-state index in [1.54, 1.807) is 43.3 Å². The van der Waals surface area contributed by atoms with Crippen LogP contribution in [0.2, 0.25) is 0 Å². The number of ether oxygens (including phenoxy) is 1. The molecular weight excluding hydrogens is 452 g/mol. The summed E-state index contributed by atoms with van der Waals surface area (Å²) in [5, 5.41) is 4.72. The molecule has 0 aliphatic carbocycles. The first-order valence-electron chi connectivity index (χ1n) is 11.4. The number of hydrogen-bond acceptors (Lipinski definition) is 5. The van der Waals surface area contributed by atoms with E-state index < -0.39 is 15.9 Å². The van der Waals surface area contributed by atoms with Crippen molar-refractivity contribution in [2.24, 2.45) is 5.92 Å². The van der Waals surface area contributed by atoms with Crippen LogP contribution in [-0.4, -0.2) is 44.3 Å². The first-order valence-corrected chi connectivity index (χ1v) is 12.8. The minimum atomic E-state index is -3.71. The van der Waals surface area contributed by atoms with Crippen LogP contribution < -0.4 is 5.32 Å². The Morgan fingerprint density at radius 3 is 2.50 bits per heavy atom. The molecule has 34 heavy (non-hydrogen) atoms. The van der Waals surface area contributed by atoms with Crippen molar-refractivity contribution in [1.82, 2.24) is 4.31 Å². The number of carbonyl (C=O) groups excluding carboxylic acids is 2. The lowest BCUT2D eigenvalue weighted by Crippen LogP contribution is -2.43. The van der Waals surface area contributed by atoms with E-state index in [0.29, 0.717) is 31.7 Å². The molecule has 0 bridgehead atoms. The number of rotatable bonds is 7. The first-order chi connectivity index (χ1) is 16.4. The first kappa shape index (κ1) is 23.9. The van der Waals surface area contributed by atoms with Gasteiger partial charge in [0.1, 0.15) is 0 Å². The average Bonchev–Trinajstić information content (AvgIpc) is 2.85. The van der Waals surface area contributed by atoms with Crippen molar-refractivity contribution >= 4 is 38.4 Å². The Labute approximate surface area is 199 Å². The van der Waals surface area contributed by atoms with Crippen LogP contribution in [0.4, 0.5) is 5.69 Å². The van der Waals surface area contributed by atoms with E-state index in [4.69, 9.17) is 4.74 Å². The molecule has 4 rings (SSSR count). The van der Waals surface area contributed by atoms with Crippen molar-refractivity contribution in [1.29, 1.82) is 0 Å². The third-order valence-corrected chi connectivity index (χ3v) is 7.85. The number of carbonyl (C=O) groups is 2. The predicted molar refractivity (Wildman–Crippen MR) is 131 cm³/mol. The van der Waals surface area contributed by atoms with E-state index >= 15 is 0 Å². The summed E-state index contributed by atoms with van der Waals surface area (Å²) in [6.07, 6.45) is 1.41. The minimum absolute atomic E-state index is 0.141. The zero-order valence-electron chi connectivity index (χ0n) is 19.1. The molecule has 1 N–H and O–H groups in total. The van der Waals surface area contributed by atoms with E-state index in [2.05, 4.69) is 5.32 Å². The van der Waals surface area contributed by atoms with E-state index in [0.717, 1.165) is 16.3 Å². The SMILES string of the molecule is CCOC(=O)Cc1ccc(NC(=O)[C@@H]2CCCN(S(=O)(=O)c3ccc4ccccc4c3)C2)cc1. The normalized spacial score (nSPS) is 16.8. The Bertz CT molecular complexity index is 1290. The molecule has 1 saturated heterocycles. The topological polar surface area (TPSA) is 92.8 Å². The Morgan fingerprint density at radius 1 is 1.03 bits per heavy atom. The van der Waals surface area contributed by atoms with Gasteiger partial charge >= 0.3 is 5.97 Å². The quantitative estimate of drug-likeness (QED) is 0.517. The van der Waals surface area contributed by atoms with Gasteiger partial charge in [0, 0.05) is 18.8 Å². The summed E-state index contributed by atoms with van der Waals surface area (Å²) in [7, 11) is -3.71. The molecular formula is C26H28N2O5S. The van der Waals surface area contributed by atoms with Gasteiger partial charge in [-0.3, -0.25) is 9.59 Å². The van der Waals surface area contributed by atoms with Crippen LogP contribution in [0.5, 0.6) is 0 Å². The number of esters is 1. The van der Waals surface area contributed by atoms with Gasteiger partial charge in [-0.1, -0.05) is 42.5 Å². The highest BCUT2D eigenvalue weighted by Gasteiger charge is 2.33. The number of sulfonamides is 1.